The largest absolute Gasteiger partial charge is 0.461 e. The van der Waals surface area contributed by atoms with Gasteiger partial charge in [-0.05, 0) is 36.4 Å². The third-order valence-corrected chi connectivity index (χ3v) is 5.71. The number of aromatic nitrogens is 2. The van der Waals surface area contributed by atoms with Crippen molar-refractivity contribution in [2.45, 2.75) is 17.4 Å². The highest BCUT2D eigenvalue weighted by molar-refractivity contribution is 7.89. The normalized spacial score (nSPS) is 12.9. The SMILES string of the molecule is [NH]c1cccc(C(Cc2cc3ccccc3o2)NS(=O)(=O)c2cccnc2)n1. The first-order valence-corrected chi connectivity index (χ1v) is 10.1. The lowest BCUT2D eigenvalue weighted by atomic mass is 10.1. The van der Waals surface area contributed by atoms with Crippen molar-refractivity contribution in [2.24, 2.45) is 0 Å². The lowest BCUT2D eigenvalue weighted by molar-refractivity contribution is 0.492. The van der Waals surface area contributed by atoms with E-state index in [4.69, 9.17) is 10.2 Å². The van der Waals surface area contributed by atoms with Gasteiger partial charge in [-0.25, -0.2) is 18.1 Å². The van der Waals surface area contributed by atoms with Crippen LogP contribution in [0.2, 0.25) is 0 Å². The topological polar surface area (TPSA) is 109 Å². The number of furan rings is 1. The predicted octanol–water partition coefficient (Wildman–Crippen LogP) is 3.40. The summed E-state index contributed by atoms with van der Waals surface area (Å²) in [5.74, 6) is 0.685. The lowest BCUT2D eigenvalue weighted by Gasteiger charge is -2.17. The zero-order valence-electron chi connectivity index (χ0n) is 14.7. The molecule has 0 saturated carbocycles. The Kier molecular flexibility index (Phi) is 4.81. The highest BCUT2D eigenvalue weighted by atomic mass is 32.2. The first kappa shape index (κ1) is 18.1. The Labute approximate surface area is 162 Å². The maximum Gasteiger partial charge on any atom is 0.242 e. The van der Waals surface area contributed by atoms with Gasteiger partial charge in [-0.3, -0.25) is 10.7 Å². The van der Waals surface area contributed by atoms with Crippen LogP contribution in [0.15, 0.2) is 82.4 Å². The molecule has 0 aliphatic carbocycles. The smallest absolute Gasteiger partial charge is 0.242 e. The molecule has 4 aromatic rings. The number of nitrogens with one attached hydrogen (secondary N) is 2. The van der Waals surface area contributed by atoms with Gasteiger partial charge in [0.2, 0.25) is 10.0 Å². The molecule has 0 spiro atoms. The van der Waals surface area contributed by atoms with E-state index in [0.29, 0.717) is 11.5 Å². The predicted molar refractivity (Wildman–Crippen MR) is 104 cm³/mol. The summed E-state index contributed by atoms with van der Waals surface area (Å²) >= 11 is 0. The maximum absolute atomic E-state index is 12.8. The van der Waals surface area contributed by atoms with Crippen molar-refractivity contribution >= 4 is 26.8 Å². The fraction of sp³-hybridized carbons (Fsp3) is 0.100. The molecule has 1 unspecified atom stereocenters. The molecule has 0 bridgehead atoms. The van der Waals surface area contributed by atoms with E-state index in [-0.39, 0.29) is 17.1 Å². The molecular formula is C20H17N4O3S. The number of para-hydroxylation sites is 1. The van der Waals surface area contributed by atoms with Crippen LogP contribution >= 0.6 is 0 Å². The zero-order valence-corrected chi connectivity index (χ0v) is 15.6. The molecule has 8 heteroatoms. The maximum atomic E-state index is 12.8. The van der Waals surface area contributed by atoms with Crippen molar-refractivity contribution in [3.8, 4) is 0 Å². The average molecular weight is 393 g/mol. The fourth-order valence-corrected chi connectivity index (χ4v) is 4.12. The van der Waals surface area contributed by atoms with Gasteiger partial charge < -0.3 is 4.42 Å². The lowest BCUT2D eigenvalue weighted by Crippen LogP contribution is -2.30. The molecule has 4 rings (SSSR count). The Hall–Kier alpha value is -3.23. The number of hydrogen-bond donors (Lipinski definition) is 1. The van der Waals surface area contributed by atoms with Crippen LogP contribution in [0.25, 0.3) is 11.0 Å². The van der Waals surface area contributed by atoms with Crippen LogP contribution in [0.1, 0.15) is 17.5 Å². The molecular weight excluding hydrogens is 376 g/mol. The van der Waals surface area contributed by atoms with Gasteiger partial charge in [-0.1, -0.05) is 24.3 Å². The van der Waals surface area contributed by atoms with Crippen molar-refractivity contribution < 1.29 is 12.8 Å². The summed E-state index contributed by atoms with van der Waals surface area (Å²) < 4.78 is 34.1. The molecule has 0 aliphatic rings. The molecule has 1 aromatic carbocycles. The van der Waals surface area contributed by atoms with Crippen LogP contribution < -0.4 is 10.5 Å². The summed E-state index contributed by atoms with van der Waals surface area (Å²) in [5.41, 5.74) is 8.95. The number of pyridine rings is 2. The van der Waals surface area contributed by atoms with Gasteiger partial charge >= 0.3 is 0 Å². The van der Waals surface area contributed by atoms with Crippen LogP contribution in [-0.2, 0) is 16.4 Å². The second kappa shape index (κ2) is 7.41. The molecule has 141 valence electrons. The molecule has 28 heavy (non-hydrogen) atoms. The molecule has 3 heterocycles. The number of hydrogen-bond acceptors (Lipinski definition) is 5. The summed E-state index contributed by atoms with van der Waals surface area (Å²) in [6.07, 6.45) is 3.05. The molecule has 2 N–H and O–H groups in total. The number of nitrogens with zero attached hydrogens (tertiary/aromatic N) is 2. The summed E-state index contributed by atoms with van der Waals surface area (Å²) in [6, 6.07) is 16.7. The van der Waals surface area contributed by atoms with Crippen LogP contribution in [0, 0.1) is 0 Å². The van der Waals surface area contributed by atoms with Crippen LogP contribution in [0.5, 0.6) is 0 Å². The number of benzene rings is 1. The number of sulfonamides is 1. The first-order valence-electron chi connectivity index (χ1n) is 8.60. The second-order valence-electron chi connectivity index (χ2n) is 6.26. The number of fused-ring (bicyclic) bond motifs is 1. The highest BCUT2D eigenvalue weighted by Gasteiger charge is 2.24. The van der Waals surface area contributed by atoms with E-state index in [1.807, 2.05) is 30.3 Å². The highest BCUT2D eigenvalue weighted by Crippen LogP contribution is 2.25. The Morgan fingerprint density at radius 2 is 1.93 bits per heavy atom. The molecule has 1 atom stereocenters. The Bertz CT molecular complexity index is 1170. The van der Waals surface area contributed by atoms with Crippen molar-refractivity contribution in [1.29, 1.82) is 0 Å². The van der Waals surface area contributed by atoms with Crippen LogP contribution in [-0.4, -0.2) is 18.4 Å². The first-order chi connectivity index (χ1) is 13.5. The third-order valence-electron chi connectivity index (χ3n) is 4.25. The molecule has 0 amide bonds. The summed E-state index contributed by atoms with van der Waals surface area (Å²) in [5, 5.41) is 0.938. The molecule has 1 radical (unpaired) electrons. The van der Waals surface area contributed by atoms with Crippen LogP contribution in [0.3, 0.4) is 0 Å². The van der Waals surface area contributed by atoms with Crippen molar-refractivity contribution in [3.63, 3.8) is 0 Å². The average Bonchev–Trinajstić information content (AvgIpc) is 3.10. The van der Waals surface area contributed by atoms with E-state index in [1.54, 1.807) is 18.2 Å². The van der Waals surface area contributed by atoms with Gasteiger partial charge in [0.1, 0.15) is 22.1 Å². The molecule has 0 saturated heterocycles. The zero-order chi connectivity index (χ0) is 19.6. The quantitative estimate of drug-likeness (QED) is 0.540. The minimum absolute atomic E-state index is 0.0617. The fourth-order valence-electron chi connectivity index (χ4n) is 2.95. The van der Waals surface area contributed by atoms with E-state index in [9.17, 15) is 8.42 Å². The Morgan fingerprint density at radius 3 is 2.68 bits per heavy atom. The molecule has 3 aromatic heterocycles. The number of rotatable bonds is 6. The van der Waals surface area contributed by atoms with E-state index >= 15 is 0 Å². The van der Waals surface area contributed by atoms with E-state index in [2.05, 4.69) is 14.7 Å². The summed E-state index contributed by atoms with van der Waals surface area (Å²) in [6.45, 7) is 0. The van der Waals surface area contributed by atoms with E-state index < -0.39 is 16.1 Å². The molecule has 0 aliphatic heterocycles. The Balaban J connectivity index is 1.69. The standard InChI is InChI=1S/C20H17N4O3S/c21-20-9-3-7-17(23-20)18(24-28(25,26)16-6-4-10-22-13-16)12-15-11-14-5-1-2-8-19(14)27-15/h1-11,13,18,21,24H,12H2. The minimum atomic E-state index is -3.83. The Morgan fingerprint density at radius 1 is 1.07 bits per heavy atom. The third kappa shape index (κ3) is 3.88. The van der Waals surface area contributed by atoms with Crippen LogP contribution in [0.4, 0.5) is 5.82 Å². The van der Waals surface area contributed by atoms with Crippen molar-refractivity contribution in [2.75, 3.05) is 0 Å². The monoisotopic (exact) mass is 393 g/mol. The molecule has 0 fully saturated rings. The summed E-state index contributed by atoms with van der Waals surface area (Å²) in [7, 11) is -3.83. The van der Waals surface area contributed by atoms with Gasteiger partial charge in [0.15, 0.2) is 0 Å². The summed E-state index contributed by atoms with van der Waals surface area (Å²) in [4.78, 5) is 8.12. The second-order valence-corrected chi connectivity index (χ2v) is 7.98. The van der Waals surface area contributed by atoms with Crippen molar-refractivity contribution in [3.05, 3.63) is 84.5 Å². The van der Waals surface area contributed by atoms with Gasteiger partial charge in [0.25, 0.3) is 0 Å². The van der Waals surface area contributed by atoms with E-state index in [0.717, 1.165) is 11.0 Å². The van der Waals surface area contributed by atoms with Gasteiger partial charge in [-0.15, -0.1) is 0 Å². The van der Waals surface area contributed by atoms with Gasteiger partial charge in [0, 0.05) is 24.2 Å². The van der Waals surface area contributed by atoms with Gasteiger partial charge in [-0.2, -0.15) is 0 Å². The molecule has 7 nitrogen and oxygen atoms in total. The minimum Gasteiger partial charge on any atom is -0.461 e. The van der Waals surface area contributed by atoms with E-state index in [1.165, 1.54) is 24.5 Å². The van der Waals surface area contributed by atoms with Gasteiger partial charge in [0.05, 0.1) is 11.7 Å². The van der Waals surface area contributed by atoms with Crippen molar-refractivity contribution in [1.82, 2.24) is 20.4 Å².